The fourth-order valence-electron chi connectivity index (χ4n) is 13.4. The molecule has 0 saturated carbocycles. The van der Waals surface area contributed by atoms with Crippen molar-refractivity contribution in [2.24, 2.45) is 46.2 Å². The number of aliphatic hydroxyl groups is 2. The highest BCUT2D eigenvalue weighted by Crippen LogP contribution is 2.49. The van der Waals surface area contributed by atoms with Crippen LogP contribution in [0.3, 0.4) is 0 Å². The highest BCUT2D eigenvalue weighted by atomic mass is 32.2. The van der Waals surface area contributed by atoms with Gasteiger partial charge in [0.05, 0.1) is 65.1 Å². The molecule has 1 unspecified atom stereocenters. The molecule has 5 heterocycles. The number of alkyl halides is 3. The van der Waals surface area contributed by atoms with Crippen molar-refractivity contribution in [3.63, 3.8) is 0 Å². The number of hydrogen-bond acceptors (Lipinski definition) is 19. The Morgan fingerprint density at radius 1 is 0.975 bits per heavy atom. The number of ether oxygens (including phenoxy) is 8. The number of esters is 2. The first-order valence-corrected chi connectivity index (χ1v) is 29.6. The number of methoxy groups -OCH3 is 3. The molecule has 0 spiro atoms. The van der Waals surface area contributed by atoms with Crippen LogP contribution in [0, 0.1) is 35.5 Å². The number of nitrogens with zero attached hydrogens (tertiary/aromatic N) is 5. The number of halogens is 3. The zero-order chi connectivity index (χ0) is 59.4. The van der Waals surface area contributed by atoms with Crippen LogP contribution in [0.5, 0.6) is 0 Å². The summed E-state index contributed by atoms with van der Waals surface area (Å²) in [4.78, 5) is 34.9. The molecule has 6 rings (SSSR count). The van der Waals surface area contributed by atoms with Crippen LogP contribution in [0.25, 0.3) is 0 Å². The van der Waals surface area contributed by atoms with E-state index in [1.807, 2.05) is 60.4 Å². The zero-order valence-corrected chi connectivity index (χ0v) is 49.8. The number of aliphatic imine (C=N–C) groups is 1. The number of rotatable bonds is 19. The van der Waals surface area contributed by atoms with E-state index in [0.717, 1.165) is 17.8 Å². The van der Waals surface area contributed by atoms with Crippen LogP contribution in [0.2, 0.25) is 0 Å². The number of aliphatic hydroxyl groups excluding tert-OH is 2. The maximum absolute atomic E-state index is 15.0. The van der Waals surface area contributed by atoms with E-state index in [0.29, 0.717) is 50.0 Å². The molecule has 20 nitrogen and oxygen atoms in total. The van der Waals surface area contributed by atoms with Crippen LogP contribution < -0.4 is 5.73 Å². The number of nitrogens with two attached hydrogens (primary N) is 1. The molecule has 0 amide bonds. The Morgan fingerprint density at radius 2 is 1.64 bits per heavy atom. The van der Waals surface area contributed by atoms with Gasteiger partial charge in [-0.3, -0.25) is 14.6 Å². The lowest BCUT2D eigenvalue weighted by Crippen LogP contribution is -2.62. The molecule has 4 fully saturated rings. The van der Waals surface area contributed by atoms with Gasteiger partial charge in [-0.05, 0) is 90.5 Å². The molecule has 1 aromatic carbocycles. The van der Waals surface area contributed by atoms with E-state index < -0.39 is 147 Å². The van der Waals surface area contributed by atoms with Gasteiger partial charge in [0.25, 0.3) is 0 Å². The quantitative estimate of drug-likeness (QED) is 0.139. The Balaban J connectivity index is 1.34. The number of likely N-dealkylation sites (N-methyl/N-ethyl adjacent to an activating group) is 1. The highest BCUT2D eigenvalue weighted by Gasteiger charge is 2.58. The van der Waals surface area contributed by atoms with Gasteiger partial charge in [-0.15, -0.1) is 5.10 Å². The zero-order valence-electron chi connectivity index (χ0n) is 49.0. The summed E-state index contributed by atoms with van der Waals surface area (Å²) in [6.45, 7) is 18.9. The lowest BCUT2D eigenvalue weighted by atomic mass is 9.67. The van der Waals surface area contributed by atoms with E-state index in [2.05, 4.69) is 17.2 Å². The van der Waals surface area contributed by atoms with Crippen LogP contribution >= 0.6 is 0 Å². The van der Waals surface area contributed by atoms with Crippen molar-refractivity contribution in [2.45, 2.75) is 202 Å². The number of hydrogen-bond donors (Lipinski definition) is 3. The number of carbonyl (C=O) groups excluding carboxylic acids is 2. The summed E-state index contributed by atoms with van der Waals surface area (Å²) in [6, 6.07) is 3.06. The summed E-state index contributed by atoms with van der Waals surface area (Å²) in [5.74, 6) is -7.86. The predicted molar refractivity (Wildman–Crippen MR) is 289 cm³/mol. The first-order valence-electron chi connectivity index (χ1n) is 28.0. The molecule has 4 aliphatic heterocycles. The van der Waals surface area contributed by atoms with Crippen LogP contribution in [-0.4, -0.2) is 188 Å². The van der Waals surface area contributed by atoms with Gasteiger partial charge < -0.3 is 58.7 Å². The van der Waals surface area contributed by atoms with Crippen molar-refractivity contribution >= 4 is 27.5 Å². The monoisotopic (exact) mass is 1160 g/mol. The third-order valence-corrected chi connectivity index (χ3v) is 19.5. The molecule has 0 radical (unpaired) electrons. The molecule has 2 aromatic rings. The number of sulfone groups is 1. The van der Waals surface area contributed by atoms with Gasteiger partial charge in [0.15, 0.2) is 6.29 Å². The molecular formula is C56H89F3N6O14S. The normalized spacial score (nSPS) is 38.2. The third kappa shape index (κ3) is 13.6. The number of benzene rings is 1. The second-order valence-electron chi connectivity index (χ2n) is 23.4. The van der Waals surface area contributed by atoms with Crippen molar-refractivity contribution in [3.05, 3.63) is 41.7 Å². The summed E-state index contributed by atoms with van der Waals surface area (Å²) in [7, 11) is 1.48. The van der Waals surface area contributed by atoms with Gasteiger partial charge in [-0.2, -0.15) is 8.78 Å². The highest BCUT2D eigenvalue weighted by molar-refractivity contribution is 7.91. The number of aromatic nitrogens is 3. The van der Waals surface area contributed by atoms with Gasteiger partial charge in [-0.1, -0.05) is 52.0 Å². The van der Waals surface area contributed by atoms with Crippen LogP contribution in [0.1, 0.15) is 125 Å². The van der Waals surface area contributed by atoms with Crippen molar-refractivity contribution in [1.82, 2.24) is 19.9 Å². The summed E-state index contributed by atoms with van der Waals surface area (Å²) in [5, 5.41) is 32.5. The van der Waals surface area contributed by atoms with Crippen molar-refractivity contribution in [1.29, 1.82) is 0 Å². The van der Waals surface area contributed by atoms with E-state index >= 15 is 4.79 Å². The number of cyclic esters (lactones) is 1. The molecule has 4 saturated heterocycles. The molecule has 0 bridgehead atoms. The molecule has 80 heavy (non-hydrogen) atoms. The summed E-state index contributed by atoms with van der Waals surface area (Å²) >= 11 is 0. The molecule has 20 atom stereocenters. The van der Waals surface area contributed by atoms with E-state index in [1.54, 1.807) is 27.2 Å². The smallest absolute Gasteiger partial charge is 0.341 e. The summed E-state index contributed by atoms with van der Waals surface area (Å²) < 4.78 is 118. The standard InChI is InChI=1S/C56H89F3N6O14S/c1-15-43-56(10)39(25-44(66)79-56)32(4)46(61-22-21-60)30(2)26-55(9,74-14)50(33(5)45(34(6)51(69)77-43)42-27-54(8,73-13)49(68)35(7)76-42)78-52-47(67)40(24-31(3)75-52)64(11)23-20-37-29-65(63-62-37)41(28-57)48(72-12)36-16-18-38(19-17-36)80(70,71)53(58)59/h16-19,29-35,39-43,45,47-50,52-53,67-68H,15,20-28,60H2,1-14H3/t30-,31-,32-,33+,34-,35+,39-,40+,41-,42?,43-,45+,47-,48-,49+,50-,52+,54-,55-,56+/m1/s1. The van der Waals surface area contributed by atoms with E-state index in [4.69, 9.17) is 48.6 Å². The maximum atomic E-state index is 15.0. The lowest BCUT2D eigenvalue weighted by Gasteiger charge is -2.52. The molecule has 4 N–H and O–H groups in total. The second-order valence-corrected chi connectivity index (χ2v) is 25.3. The Labute approximate surface area is 470 Å². The molecule has 454 valence electrons. The first-order chi connectivity index (χ1) is 37.6. The maximum Gasteiger partial charge on any atom is 0.341 e. The fourth-order valence-corrected chi connectivity index (χ4v) is 14.1. The van der Waals surface area contributed by atoms with Crippen LogP contribution in [0.15, 0.2) is 40.4 Å². The van der Waals surface area contributed by atoms with E-state index in [-0.39, 0.29) is 31.2 Å². The van der Waals surface area contributed by atoms with Gasteiger partial charge >= 0.3 is 17.7 Å². The first kappa shape index (κ1) is 65.5. The topological polar surface area (TPSA) is 255 Å². The van der Waals surface area contributed by atoms with Gasteiger partial charge in [0, 0.05) is 83.0 Å². The fraction of sp³-hybridized carbons (Fsp3) is 0.804. The Kier molecular flexibility index (Phi) is 22.0. The largest absolute Gasteiger partial charge is 0.458 e. The summed E-state index contributed by atoms with van der Waals surface area (Å²) in [5.41, 5.74) is 4.22. The van der Waals surface area contributed by atoms with E-state index in [9.17, 15) is 36.6 Å². The van der Waals surface area contributed by atoms with Gasteiger partial charge in [-0.25, -0.2) is 17.5 Å². The molecule has 1 aromatic heterocycles. The van der Waals surface area contributed by atoms with Crippen molar-refractivity contribution < 1.29 is 79.3 Å². The Hall–Kier alpha value is -3.69. The molecule has 24 heteroatoms. The molecule has 0 aliphatic carbocycles. The van der Waals surface area contributed by atoms with Crippen molar-refractivity contribution in [3.8, 4) is 0 Å². The molecule has 4 aliphatic rings. The lowest BCUT2D eigenvalue weighted by molar-refractivity contribution is -0.304. The minimum absolute atomic E-state index is 0.0811. The van der Waals surface area contributed by atoms with Crippen LogP contribution in [0.4, 0.5) is 13.2 Å². The summed E-state index contributed by atoms with van der Waals surface area (Å²) in [6.07, 6.45) is -4.88. The molecular weight excluding hydrogens is 1070 g/mol. The minimum Gasteiger partial charge on any atom is -0.458 e. The SMILES string of the molecule is CC[C@H]1OC(=O)[C@H](C)[C@@H](C2C[C@@](C)(OC)[C@@H](O)[C@H](C)O2)[C@H](C)[C@@H](O[C@@H]2O[C@H](C)C[C@H](N(C)CCc3cn([C@H](CF)[C@H](OC)c4ccc(S(=O)(=O)C(F)F)cc4)nn3)[C@H]2O)[C@](C)(OC)C[C@@H](C)C(=NCCN)[C@H](C)[C@H]2CC(=O)O[C@@]21C. The predicted octanol–water partition coefficient (Wildman–Crippen LogP) is 5.85. The van der Waals surface area contributed by atoms with Gasteiger partial charge in [0.2, 0.25) is 9.84 Å². The average molecular weight is 1160 g/mol. The van der Waals surface area contributed by atoms with Crippen LogP contribution in [-0.2, 0) is 63.7 Å². The number of carbonyl (C=O) groups is 2. The number of fused-ring (bicyclic) bond motifs is 1. The second kappa shape index (κ2) is 26.9. The van der Waals surface area contributed by atoms with Crippen molar-refractivity contribution in [2.75, 3.05) is 54.7 Å². The average Bonchev–Trinajstić information content (AvgIpc) is 4.02. The Bertz CT molecular complexity index is 2520. The Morgan fingerprint density at radius 3 is 2.23 bits per heavy atom. The van der Waals surface area contributed by atoms with Gasteiger partial charge in [0.1, 0.15) is 42.7 Å². The van der Waals surface area contributed by atoms with E-state index in [1.165, 1.54) is 31.0 Å². The third-order valence-electron chi connectivity index (χ3n) is 18.1. The minimum atomic E-state index is -4.85.